The van der Waals surface area contributed by atoms with Crippen molar-refractivity contribution >= 4 is 28.5 Å². The van der Waals surface area contributed by atoms with Gasteiger partial charge in [-0.05, 0) is 36.8 Å². The minimum Gasteiger partial charge on any atom is -0.496 e. The van der Waals surface area contributed by atoms with Gasteiger partial charge in [0.05, 0.1) is 36.3 Å². The molecule has 0 aliphatic heterocycles. The van der Waals surface area contributed by atoms with Gasteiger partial charge in [-0.1, -0.05) is 17.7 Å². The first-order chi connectivity index (χ1) is 14.4. The smallest absolute Gasteiger partial charge is 0.339 e. The van der Waals surface area contributed by atoms with E-state index in [2.05, 4.69) is 4.89 Å². The van der Waals surface area contributed by atoms with Crippen molar-refractivity contribution in [3.05, 3.63) is 57.2 Å². The van der Waals surface area contributed by atoms with Gasteiger partial charge < -0.3 is 13.9 Å². The van der Waals surface area contributed by atoms with Crippen LogP contribution >= 0.6 is 11.6 Å². The molecule has 8 heteroatoms. The molecule has 3 aromatic rings. The zero-order valence-corrected chi connectivity index (χ0v) is 17.6. The number of hydrogen-bond donors (Lipinski definition) is 0. The number of fused-ring (bicyclic) bond motifs is 1. The first-order valence-corrected chi connectivity index (χ1v) is 9.62. The van der Waals surface area contributed by atoms with Gasteiger partial charge >= 0.3 is 5.97 Å². The number of hydrogen-bond acceptors (Lipinski definition) is 7. The molecule has 0 unspecified atom stereocenters. The molecule has 0 bridgehead atoms. The quantitative estimate of drug-likeness (QED) is 0.290. The van der Waals surface area contributed by atoms with Gasteiger partial charge in [-0.3, -0.25) is 9.68 Å². The Labute approximate surface area is 178 Å². The Morgan fingerprint density at radius 1 is 1.13 bits per heavy atom. The summed E-state index contributed by atoms with van der Waals surface area (Å²) < 4.78 is 17.2. The van der Waals surface area contributed by atoms with Crippen LogP contribution in [-0.4, -0.2) is 26.3 Å². The van der Waals surface area contributed by atoms with E-state index in [0.717, 1.165) is 5.56 Å². The molecule has 0 N–H and O–H groups in total. The largest absolute Gasteiger partial charge is 0.496 e. The average Bonchev–Trinajstić information content (AvgIpc) is 2.71. The van der Waals surface area contributed by atoms with Crippen molar-refractivity contribution in [2.24, 2.45) is 0 Å². The zero-order chi connectivity index (χ0) is 21.7. The van der Waals surface area contributed by atoms with Crippen LogP contribution in [0, 0.1) is 6.92 Å². The van der Waals surface area contributed by atoms with Crippen LogP contribution in [0.1, 0.15) is 18.9 Å². The number of carbonyl (C=O) groups is 1. The number of para-hydroxylation sites is 1. The van der Waals surface area contributed by atoms with Gasteiger partial charge in [0, 0.05) is 19.4 Å². The van der Waals surface area contributed by atoms with E-state index in [-0.39, 0.29) is 12.0 Å². The minimum absolute atomic E-state index is 0.207. The highest BCUT2D eigenvalue weighted by atomic mass is 35.5. The lowest BCUT2D eigenvalue weighted by Crippen LogP contribution is -2.07. The molecule has 1 aromatic heterocycles. The molecular formula is C22H21ClO7. The van der Waals surface area contributed by atoms with Gasteiger partial charge in [-0.2, -0.15) is 4.89 Å². The maximum Gasteiger partial charge on any atom is 0.339 e. The molecule has 1 heterocycles. The third-order valence-electron chi connectivity index (χ3n) is 4.28. The fraction of sp³-hybridized carbons (Fsp3) is 0.273. The van der Waals surface area contributed by atoms with Crippen molar-refractivity contribution < 1.29 is 28.5 Å². The van der Waals surface area contributed by atoms with Crippen molar-refractivity contribution in [1.82, 2.24) is 0 Å². The Morgan fingerprint density at radius 3 is 2.67 bits per heavy atom. The Bertz CT molecular complexity index is 1120. The SMILES string of the molecule is COc1cc(C)c(OCCCOOC(C)=O)cc1-c1cc(=O)c2cccc(Cl)c2o1. The second kappa shape index (κ2) is 9.65. The summed E-state index contributed by atoms with van der Waals surface area (Å²) in [6, 6.07) is 9.98. The van der Waals surface area contributed by atoms with Crippen LogP contribution in [0.4, 0.5) is 0 Å². The van der Waals surface area contributed by atoms with Crippen molar-refractivity contribution in [2.45, 2.75) is 20.3 Å². The first-order valence-electron chi connectivity index (χ1n) is 9.25. The van der Waals surface area contributed by atoms with Crippen LogP contribution in [0.2, 0.25) is 5.02 Å². The second-order valence-corrected chi connectivity index (χ2v) is 6.92. The molecule has 0 aliphatic carbocycles. The molecule has 0 amide bonds. The Balaban J connectivity index is 1.88. The highest BCUT2D eigenvalue weighted by molar-refractivity contribution is 6.34. The average molecular weight is 433 g/mol. The van der Waals surface area contributed by atoms with Crippen molar-refractivity contribution in [2.75, 3.05) is 20.3 Å². The van der Waals surface area contributed by atoms with Crippen LogP contribution < -0.4 is 14.9 Å². The summed E-state index contributed by atoms with van der Waals surface area (Å²) in [7, 11) is 1.54. The van der Waals surface area contributed by atoms with Gasteiger partial charge in [0.15, 0.2) is 11.0 Å². The van der Waals surface area contributed by atoms with Crippen LogP contribution in [0.3, 0.4) is 0 Å². The lowest BCUT2D eigenvalue weighted by atomic mass is 10.1. The van der Waals surface area contributed by atoms with Gasteiger partial charge in [0.1, 0.15) is 17.3 Å². The van der Waals surface area contributed by atoms with Gasteiger partial charge in [-0.15, -0.1) is 0 Å². The zero-order valence-electron chi connectivity index (χ0n) is 16.8. The molecule has 0 radical (unpaired) electrons. The van der Waals surface area contributed by atoms with Crippen LogP contribution in [0.5, 0.6) is 11.5 Å². The van der Waals surface area contributed by atoms with Crippen LogP contribution in [-0.2, 0) is 14.6 Å². The molecule has 0 fully saturated rings. The lowest BCUT2D eigenvalue weighted by Gasteiger charge is -2.14. The minimum atomic E-state index is -0.511. The van der Waals surface area contributed by atoms with Crippen LogP contribution in [0.15, 0.2) is 45.6 Å². The third-order valence-corrected chi connectivity index (χ3v) is 4.57. The predicted octanol–water partition coefficient (Wildman–Crippen LogP) is 4.69. The van der Waals surface area contributed by atoms with E-state index in [9.17, 15) is 9.59 Å². The van der Waals surface area contributed by atoms with E-state index in [4.69, 9.17) is 30.4 Å². The second-order valence-electron chi connectivity index (χ2n) is 6.51. The Kier molecular flexibility index (Phi) is 6.97. The molecule has 158 valence electrons. The predicted molar refractivity (Wildman–Crippen MR) is 112 cm³/mol. The standard InChI is InChI=1S/C22H21ClO7/c1-13-10-20(26-3)16(11-19(13)27-8-5-9-28-30-14(2)24)21-12-18(25)15-6-4-7-17(23)22(15)29-21/h4,6-7,10-12H,5,8-9H2,1-3H3. The Hall–Kier alpha value is -3.03. The summed E-state index contributed by atoms with van der Waals surface area (Å²) in [5.74, 6) is 0.941. The molecule has 0 spiro atoms. The van der Waals surface area contributed by atoms with E-state index in [0.29, 0.717) is 51.8 Å². The number of ether oxygens (including phenoxy) is 2. The topological polar surface area (TPSA) is 84.2 Å². The highest BCUT2D eigenvalue weighted by Gasteiger charge is 2.16. The van der Waals surface area contributed by atoms with Crippen molar-refractivity contribution in [3.63, 3.8) is 0 Å². The summed E-state index contributed by atoms with van der Waals surface area (Å²) in [6.45, 7) is 3.68. The maximum absolute atomic E-state index is 12.6. The third kappa shape index (κ3) is 4.93. The molecular weight excluding hydrogens is 412 g/mol. The van der Waals surface area contributed by atoms with E-state index in [1.54, 1.807) is 30.3 Å². The molecule has 2 aromatic carbocycles. The van der Waals surface area contributed by atoms with Gasteiger partial charge in [0.2, 0.25) is 0 Å². The van der Waals surface area contributed by atoms with Crippen LogP contribution in [0.25, 0.3) is 22.3 Å². The number of rotatable bonds is 8. The molecule has 0 aliphatic rings. The molecule has 30 heavy (non-hydrogen) atoms. The summed E-state index contributed by atoms with van der Waals surface area (Å²) >= 11 is 6.22. The van der Waals surface area contributed by atoms with Crippen molar-refractivity contribution in [1.29, 1.82) is 0 Å². The highest BCUT2D eigenvalue weighted by Crippen LogP contribution is 2.37. The van der Waals surface area contributed by atoms with E-state index >= 15 is 0 Å². The fourth-order valence-corrected chi connectivity index (χ4v) is 3.09. The lowest BCUT2D eigenvalue weighted by molar-refractivity contribution is -0.270. The van der Waals surface area contributed by atoms with E-state index < -0.39 is 5.97 Å². The molecule has 3 rings (SSSR count). The first kappa shape index (κ1) is 21.7. The van der Waals surface area contributed by atoms with Gasteiger partial charge in [-0.25, -0.2) is 4.79 Å². The van der Waals surface area contributed by atoms with Gasteiger partial charge in [0.25, 0.3) is 0 Å². The number of carbonyl (C=O) groups excluding carboxylic acids is 1. The number of methoxy groups -OCH3 is 1. The van der Waals surface area contributed by atoms with E-state index in [1.807, 2.05) is 6.92 Å². The Morgan fingerprint density at radius 2 is 1.93 bits per heavy atom. The fourth-order valence-electron chi connectivity index (χ4n) is 2.88. The summed E-state index contributed by atoms with van der Waals surface area (Å²) in [4.78, 5) is 32.4. The van der Waals surface area contributed by atoms with Crippen molar-refractivity contribution in [3.8, 4) is 22.8 Å². The number of aryl methyl sites for hydroxylation is 1. The maximum atomic E-state index is 12.6. The summed E-state index contributed by atoms with van der Waals surface area (Å²) in [6.07, 6.45) is 0.509. The van der Waals surface area contributed by atoms with E-state index in [1.165, 1.54) is 20.1 Å². The molecule has 0 atom stereocenters. The monoisotopic (exact) mass is 432 g/mol. The number of benzene rings is 2. The molecule has 0 saturated heterocycles. The normalized spacial score (nSPS) is 10.8. The number of halogens is 1. The molecule has 7 nitrogen and oxygen atoms in total. The summed E-state index contributed by atoms with van der Waals surface area (Å²) in [5.41, 5.74) is 1.52. The molecule has 0 saturated carbocycles. The summed E-state index contributed by atoms with van der Waals surface area (Å²) in [5, 5.41) is 0.753.